The molecule has 0 amide bonds. The average Bonchev–Trinajstić information content (AvgIpc) is 2.91. The molecule has 3 heterocycles. The fourth-order valence-corrected chi connectivity index (χ4v) is 3.79. The lowest BCUT2D eigenvalue weighted by Crippen LogP contribution is -2.37. The second kappa shape index (κ2) is 12.8. The number of nitrogens with one attached hydrogen (secondary N) is 2. The molecule has 3 rings (SSSR count). The molecule has 7 nitrogen and oxygen atoms in total. The molecule has 0 spiro atoms. The molecule has 1 saturated heterocycles. The number of anilines is 1. The largest absolute Gasteiger partial charge is 0.357 e. The van der Waals surface area contributed by atoms with Gasteiger partial charge in [0.05, 0.1) is 5.69 Å². The van der Waals surface area contributed by atoms with Crippen LogP contribution in [0.25, 0.3) is 0 Å². The summed E-state index contributed by atoms with van der Waals surface area (Å²) < 4.78 is 2.06. The number of hydrogen-bond donors (Lipinski definition) is 2. The number of aromatic nitrogens is 3. The molecule has 1 aliphatic heterocycles. The number of aryl methyl sites for hydroxylation is 3. The first kappa shape index (κ1) is 24.4. The van der Waals surface area contributed by atoms with Gasteiger partial charge in [-0.3, -0.25) is 9.67 Å². The first-order chi connectivity index (χ1) is 14.2. The average molecular weight is 525 g/mol. The normalized spacial score (nSPS) is 14.8. The predicted molar refractivity (Wildman–Crippen MR) is 135 cm³/mol. The zero-order valence-electron chi connectivity index (χ0n) is 18.5. The maximum Gasteiger partial charge on any atom is 0.191 e. The van der Waals surface area contributed by atoms with Gasteiger partial charge in [0.15, 0.2) is 5.96 Å². The van der Waals surface area contributed by atoms with E-state index in [4.69, 9.17) is 0 Å². The first-order valence-electron chi connectivity index (χ1n) is 10.8. The van der Waals surface area contributed by atoms with Gasteiger partial charge in [0, 0.05) is 51.7 Å². The van der Waals surface area contributed by atoms with Crippen LogP contribution >= 0.6 is 24.0 Å². The molecule has 2 N–H and O–H groups in total. The lowest BCUT2D eigenvalue weighted by molar-refractivity contribution is 0.555. The minimum Gasteiger partial charge on any atom is -0.357 e. The van der Waals surface area contributed by atoms with E-state index in [1.807, 2.05) is 20.2 Å². The standard InChI is InChI=1S/C22H35N7.HI/c1-18-15-19(2)29(27-18)14-8-10-25-22(23-3)26-17-20-9-11-24-21(16-20)28-12-6-4-5-7-13-28;/h9,11,15-16H,4-8,10,12-14,17H2,1-3H3,(H2,23,25,26);1H. The van der Waals surface area contributed by atoms with E-state index >= 15 is 0 Å². The molecule has 8 heteroatoms. The van der Waals surface area contributed by atoms with E-state index in [1.165, 1.54) is 36.9 Å². The van der Waals surface area contributed by atoms with Crippen LogP contribution < -0.4 is 15.5 Å². The molecule has 166 valence electrons. The zero-order chi connectivity index (χ0) is 20.5. The van der Waals surface area contributed by atoms with Crippen molar-refractivity contribution in [2.75, 3.05) is 31.6 Å². The van der Waals surface area contributed by atoms with Crippen LogP contribution in [0.3, 0.4) is 0 Å². The highest BCUT2D eigenvalue weighted by molar-refractivity contribution is 14.0. The van der Waals surface area contributed by atoms with Crippen molar-refractivity contribution in [1.29, 1.82) is 0 Å². The molecule has 0 radical (unpaired) electrons. The second-order valence-corrected chi connectivity index (χ2v) is 7.78. The van der Waals surface area contributed by atoms with Crippen molar-refractivity contribution < 1.29 is 0 Å². The second-order valence-electron chi connectivity index (χ2n) is 7.78. The van der Waals surface area contributed by atoms with Crippen LogP contribution in [0.15, 0.2) is 29.4 Å². The molecule has 0 saturated carbocycles. The SMILES string of the molecule is CN=C(NCCCn1nc(C)cc1C)NCc1ccnc(N2CCCCCC2)c1.I. The molecule has 1 fully saturated rings. The summed E-state index contributed by atoms with van der Waals surface area (Å²) in [6, 6.07) is 6.39. The smallest absolute Gasteiger partial charge is 0.191 e. The summed E-state index contributed by atoms with van der Waals surface area (Å²) in [5.41, 5.74) is 3.51. The fraction of sp³-hybridized carbons (Fsp3) is 0.591. The molecular weight excluding hydrogens is 489 g/mol. The van der Waals surface area contributed by atoms with Gasteiger partial charge < -0.3 is 15.5 Å². The molecular formula is C22H36IN7. The Balaban J connectivity index is 0.00000320. The Bertz CT molecular complexity index is 795. The van der Waals surface area contributed by atoms with Crippen LogP contribution in [0, 0.1) is 13.8 Å². The molecule has 30 heavy (non-hydrogen) atoms. The predicted octanol–water partition coefficient (Wildman–Crippen LogP) is 3.65. The number of hydrogen-bond acceptors (Lipinski definition) is 4. The van der Waals surface area contributed by atoms with Crippen molar-refractivity contribution in [2.45, 2.75) is 59.0 Å². The van der Waals surface area contributed by atoms with E-state index in [0.717, 1.165) is 56.6 Å². The van der Waals surface area contributed by atoms with Crippen molar-refractivity contribution in [3.8, 4) is 0 Å². The van der Waals surface area contributed by atoms with Gasteiger partial charge in [0.25, 0.3) is 0 Å². The Kier molecular flexibility index (Phi) is 10.4. The Morgan fingerprint density at radius 2 is 1.87 bits per heavy atom. The summed E-state index contributed by atoms with van der Waals surface area (Å²) in [7, 11) is 1.81. The van der Waals surface area contributed by atoms with Gasteiger partial charge in [0.2, 0.25) is 0 Å². The molecule has 0 aromatic carbocycles. The van der Waals surface area contributed by atoms with Crippen LogP contribution in [0.5, 0.6) is 0 Å². The number of nitrogens with zero attached hydrogens (tertiary/aromatic N) is 5. The van der Waals surface area contributed by atoms with Crippen molar-refractivity contribution in [3.05, 3.63) is 41.3 Å². The molecule has 0 bridgehead atoms. The van der Waals surface area contributed by atoms with E-state index in [2.05, 4.69) is 60.4 Å². The van der Waals surface area contributed by atoms with Gasteiger partial charge in [-0.05, 0) is 56.9 Å². The maximum atomic E-state index is 4.59. The topological polar surface area (TPSA) is 70.4 Å². The number of rotatable bonds is 7. The number of pyridine rings is 1. The summed E-state index contributed by atoms with van der Waals surface area (Å²) in [5.74, 6) is 1.92. The van der Waals surface area contributed by atoms with Crippen molar-refractivity contribution in [1.82, 2.24) is 25.4 Å². The minimum atomic E-state index is 0. The lowest BCUT2D eigenvalue weighted by Gasteiger charge is -2.22. The Morgan fingerprint density at radius 1 is 1.10 bits per heavy atom. The first-order valence-corrected chi connectivity index (χ1v) is 10.8. The molecule has 1 aliphatic rings. The number of guanidine groups is 1. The highest BCUT2D eigenvalue weighted by Gasteiger charge is 2.11. The van der Waals surface area contributed by atoms with Gasteiger partial charge >= 0.3 is 0 Å². The van der Waals surface area contributed by atoms with Crippen molar-refractivity contribution in [2.24, 2.45) is 4.99 Å². The zero-order valence-corrected chi connectivity index (χ0v) is 20.9. The number of halogens is 1. The van der Waals surface area contributed by atoms with E-state index in [-0.39, 0.29) is 24.0 Å². The van der Waals surface area contributed by atoms with Gasteiger partial charge in [-0.1, -0.05) is 12.8 Å². The Hall–Kier alpha value is -1.84. The quantitative estimate of drug-likeness (QED) is 0.250. The number of aliphatic imine (C=N–C) groups is 1. The fourth-order valence-electron chi connectivity index (χ4n) is 3.79. The molecule has 2 aromatic rings. The minimum absolute atomic E-state index is 0. The van der Waals surface area contributed by atoms with E-state index in [9.17, 15) is 0 Å². The third-order valence-electron chi connectivity index (χ3n) is 5.37. The van der Waals surface area contributed by atoms with Crippen molar-refractivity contribution in [3.63, 3.8) is 0 Å². The van der Waals surface area contributed by atoms with Gasteiger partial charge in [-0.25, -0.2) is 4.98 Å². The van der Waals surface area contributed by atoms with E-state index in [0.29, 0.717) is 0 Å². The van der Waals surface area contributed by atoms with E-state index < -0.39 is 0 Å². The third-order valence-corrected chi connectivity index (χ3v) is 5.37. The summed E-state index contributed by atoms with van der Waals surface area (Å²) in [5, 5.41) is 11.3. The molecule has 0 aliphatic carbocycles. The highest BCUT2D eigenvalue weighted by atomic mass is 127. The summed E-state index contributed by atoms with van der Waals surface area (Å²) in [6.07, 6.45) is 8.11. The van der Waals surface area contributed by atoms with Gasteiger partial charge in [0.1, 0.15) is 5.82 Å². The monoisotopic (exact) mass is 525 g/mol. The maximum absolute atomic E-state index is 4.59. The Morgan fingerprint density at radius 3 is 2.53 bits per heavy atom. The van der Waals surface area contributed by atoms with Crippen LogP contribution in [0.4, 0.5) is 5.82 Å². The van der Waals surface area contributed by atoms with Crippen LogP contribution in [-0.2, 0) is 13.1 Å². The Labute approximate surface area is 197 Å². The lowest BCUT2D eigenvalue weighted by atomic mass is 10.2. The molecule has 0 atom stereocenters. The molecule has 0 unspecified atom stereocenters. The van der Waals surface area contributed by atoms with Crippen molar-refractivity contribution >= 4 is 35.8 Å². The van der Waals surface area contributed by atoms with Crippen LogP contribution in [-0.4, -0.2) is 47.4 Å². The summed E-state index contributed by atoms with van der Waals surface area (Å²) in [6.45, 7) is 8.86. The summed E-state index contributed by atoms with van der Waals surface area (Å²) in [4.78, 5) is 11.4. The van der Waals surface area contributed by atoms with Gasteiger partial charge in [-0.15, -0.1) is 24.0 Å². The van der Waals surface area contributed by atoms with Crippen LogP contribution in [0.1, 0.15) is 49.1 Å². The third kappa shape index (κ3) is 7.45. The van der Waals surface area contributed by atoms with E-state index in [1.54, 1.807) is 0 Å². The van der Waals surface area contributed by atoms with Crippen LogP contribution in [0.2, 0.25) is 0 Å². The molecule has 2 aromatic heterocycles. The highest BCUT2D eigenvalue weighted by Crippen LogP contribution is 2.18. The summed E-state index contributed by atoms with van der Waals surface area (Å²) >= 11 is 0. The van der Waals surface area contributed by atoms with Gasteiger partial charge in [-0.2, -0.15) is 5.10 Å².